The number of unbranched alkanes of at least 4 members (excludes halogenated alkanes) is 11. The molecule has 0 aliphatic heterocycles. The van der Waals surface area contributed by atoms with Gasteiger partial charge in [0.2, 0.25) is 0 Å². The zero-order valence-corrected chi connectivity index (χ0v) is 12.9. The van der Waals surface area contributed by atoms with Gasteiger partial charge in [-0.05, 0) is 12.8 Å². The first kappa shape index (κ1) is 18.4. The molecule has 0 atom stereocenters. The van der Waals surface area contributed by atoms with Crippen molar-refractivity contribution in [3.05, 3.63) is 24.3 Å². The van der Waals surface area contributed by atoms with Crippen LogP contribution in [0.4, 0.5) is 0 Å². The van der Waals surface area contributed by atoms with Gasteiger partial charge in [0.25, 0.3) is 0 Å². The summed E-state index contributed by atoms with van der Waals surface area (Å²) in [6.45, 7) is 2.42. The van der Waals surface area contributed by atoms with Crippen LogP contribution in [0.2, 0.25) is 0 Å². The molecule has 0 rings (SSSR count). The van der Waals surface area contributed by atoms with Gasteiger partial charge in [0, 0.05) is 0 Å². The van der Waals surface area contributed by atoms with Gasteiger partial charge in [-0.3, -0.25) is 0 Å². The SMILES string of the molecule is CCCCCCCCCCCCCC=CC=CCO. The summed E-state index contributed by atoms with van der Waals surface area (Å²) in [4.78, 5) is 0. The van der Waals surface area contributed by atoms with E-state index in [1.807, 2.05) is 12.2 Å². The highest BCUT2D eigenvalue weighted by Crippen LogP contribution is 2.11. The number of aliphatic hydroxyl groups excluding tert-OH is 1. The van der Waals surface area contributed by atoms with Crippen molar-refractivity contribution in [2.45, 2.75) is 84.0 Å². The van der Waals surface area contributed by atoms with Crippen molar-refractivity contribution in [3.8, 4) is 0 Å². The summed E-state index contributed by atoms with van der Waals surface area (Å²) in [5, 5.41) is 8.55. The summed E-state index contributed by atoms with van der Waals surface area (Å²) in [6, 6.07) is 0. The maximum absolute atomic E-state index is 8.55. The van der Waals surface area contributed by atoms with E-state index >= 15 is 0 Å². The number of rotatable bonds is 14. The average Bonchev–Trinajstić information content (AvgIpc) is 2.43. The summed E-state index contributed by atoms with van der Waals surface area (Å²) in [6.07, 6.45) is 24.5. The van der Waals surface area contributed by atoms with Crippen molar-refractivity contribution in [2.24, 2.45) is 0 Å². The van der Waals surface area contributed by atoms with Crippen LogP contribution in [0, 0.1) is 0 Å². The third-order valence-corrected chi connectivity index (χ3v) is 3.46. The Balaban J connectivity index is 3.02. The van der Waals surface area contributed by atoms with Crippen molar-refractivity contribution >= 4 is 0 Å². The van der Waals surface area contributed by atoms with Gasteiger partial charge in [0.1, 0.15) is 0 Å². The Morgan fingerprint density at radius 3 is 1.63 bits per heavy atom. The quantitative estimate of drug-likeness (QED) is 0.311. The van der Waals surface area contributed by atoms with Crippen LogP contribution in [-0.2, 0) is 0 Å². The van der Waals surface area contributed by atoms with E-state index in [4.69, 9.17) is 5.11 Å². The molecule has 0 aliphatic carbocycles. The Labute approximate surface area is 120 Å². The first-order valence-electron chi connectivity index (χ1n) is 8.34. The second kappa shape index (κ2) is 17.4. The fraction of sp³-hybridized carbons (Fsp3) is 0.778. The van der Waals surface area contributed by atoms with Crippen LogP contribution in [0.5, 0.6) is 0 Å². The average molecular weight is 266 g/mol. The van der Waals surface area contributed by atoms with Crippen LogP contribution in [0.15, 0.2) is 24.3 Å². The van der Waals surface area contributed by atoms with Crippen molar-refractivity contribution in [2.75, 3.05) is 6.61 Å². The Morgan fingerprint density at radius 2 is 1.11 bits per heavy atom. The molecule has 0 unspecified atom stereocenters. The van der Waals surface area contributed by atoms with E-state index in [1.54, 1.807) is 6.08 Å². The third kappa shape index (κ3) is 17.4. The topological polar surface area (TPSA) is 20.2 Å². The standard InChI is InChI=1S/C18H34O/c1-2-3-4-5-6-7-8-9-10-11-12-13-14-15-16-17-18-19/h14-17,19H,2-13,18H2,1H3. The van der Waals surface area contributed by atoms with E-state index in [-0.39, 0.29) is 6.61 Å². The van der Waals surface area contributed by atoms with Gasteiger partial charge in [-0.25, -0.2) is 0 Å². The Hall–Kier alpha value is -0.560. The molecule has 19 heavy (non-hydrogen) atoms. The molecule has 0 radical (unpaired) electrons. The second-order valence-electron chi connectivity index (χ2n) is 5.36. The molecule has 1 N–H and O–H groups in total. The van der Waals surface area contributed by atoms with Crippen LogP contribution in [0.1, 0.15) is 84.0 Å². The van der Waals surface area contributed by atoms with Gasteiger partial charge >= 0.3 is 0 Å². The first-order chi connectivity index (χ1) is 9.41. The molecular weight excluding hydrogens is 232 g/mol. The highest BCUT2D eigenvalue weighted by atomic mass is 16.2. The fourth-order valence-electron chi connectivity index (χ4n) is 2.24. The molecule has 0 fully saturated rings. The second-order valence-corrected chi connectivity index (χ2v) is 5.36. The maximum atomic E-state index is 8.55. The molecule has 112 valence electrons. The molecule has 1 nitrogen and oxygen atoms in total. The molecule has 0 heterocycles. The van der Waals surface area contributed by atoms with Gasteiger partial charge in [-0.1, -0.05) is 95.4 Å². The predicted molar refractivity (Wildman–Crippen MR) is 86.4 cm³/mol. The molecule has 0 aromatic heterocycles. The molecule has 0 saturated carbocycles. The van der Waals surface area contributed by atoms with Crippen molar-refractivity contribution in [1.29, 1.82) is 0 Å². The third-order valence-electron chi connectivity index (χ3n) is 3.46. The molecular formula is C18H34O. The summed E-state index contributed by atoms with van der Waals surface area (Å²) in [7, 11) is 0. The number of allylic oxidation sites excluding steroid dienone is 3. The molecule has 0 aromatic rings. The summed E-state index contributed by atoms with van der Waals surface area (Å²) >= 11 is 0. The smallest absolute Gasteiger partial charge is 0.0615 e. The van der Waals surface area contributed by atoms with Crippen molar-refractivity contribution in [3.63, 3.8) is 0 Å². The minimum atomic E-state index is 0.142. The van der Waals surface area contributed by atoms with Crippen LogP contribution in [0.25, 0.3) is 0 Å². The van der Waals surface area contributed by atoms with Gasteiger partial charge in [0.15, 0.2) is 0 Å². The number of hydrogen-bond acceptors (Lipinski definition) is 1. The number of aliphatic hydroxyl groups is 1. The minimum Gasteiger partial charge on any atom is -0.392 e. The molecule has 0 amide bonds. The van der Waals surface area contributed by atoms with Crippen LogP contribution in [0.3, 0.4) is 0 Å². The molecule has 0 aliphatic rings. The van der Waals surface area contributed by atoms with E-state index in [9.17, 15) is 0 Å². The summed E-state index contributed by atoms with van der Waals surface area (Å²) < 4.78 is 0. The van der Waals surface area contributed by atoms with E-state index in [1.165, 1.54) is 77.0 Å². The minimum absolute atomic E-state index is 0.142. The molecule has 0 spiro atoms. The highest BCUT2D eigenvalue weighted by molar-refractivity contribution is 5.02. The van der Waals surface area contributed by atoms with Gasteiger partial charge in [-0.15, -0.1) is 0 Å². The number of hydrogen-bond donors (Lipinski definition) is 1. The Morgan fingerprint density at radius 1 is 0.632 bits per heavy atom. The van der Waals surface area contributed by atoms with Crippen molar-refractivity contribution < 1.29 is 5.11 Å². The van der Waals surface area contributed by atoms with Crippen molar-refractivity contribution in [1.82, 2.24) is 0 Å². The molecule has 0 bridgehead atoms. The van der Waals surface area contributed by atoms with E-state index in [0.717, 1.165) is 0 Å². The normalized spacial score (nSPS) is 11.9. The fourth-order valence-corrected chi connectivity index (χ4v) is 2.24. The summed E-state index contributed by atoms with van der Waals surface area (Å²) in [5.74, 6) is 0. The van der Waals surface area contributed by atoms with E-state index in [2.05, 4.69) is 13.0 Å². The maximum Gasteiger partial charge on any atom is 0.0615 e. The largest absolute Gasteiger partial charge is 0.392 e. The monoisotopic (exact) mass is 266 g/mol. The lowest BCUT2D eigenvalue weighted by atomic mass is 10.1. The van der Waals surface area contributed by atoms with Crippen LogP contribution < -0.4 is 0 Å². The van der Waals surface area contributed by atoms with E-state index < -0.39 is 0 Å². The lowest BCUT2D eigenvalue weighted by molar-refractivity contribution is 0.343. The zero-order valence-electron chi connectivity index (χ0n) is 12.9. The van der Waals surface area contributed by atoms with Crippen LogP contribution in [-0.4, -0.2) is 11.7 Å². The van der Waals surface area contributed by atoms with Crippen LogP contribution >= 0.6 is 0 Å². The van der Waals surface area contributed by atoms with Gasteiger partial charge in [-0.2, -0.15) is 0 Å². The zero-order chi connectivity index (χ0) is 14.0. The van der Waals surface area contributed by atoms with E-state index in [0.29, 0.717) is 0 Å². The highest BCUT2D eigenvalue weighted by Gasteiger charge is 1.92. The van der Waals surface area contributed by atoms with Gasteiger partial charge in [0.05, 0.1) is 6.61 Å². The summed E-state index contributed by atoms with van der Waals surface area (Å²) in [5.41, 5.74) is 0. The molecule has 0 aromatic carbocycles. The Bertz CT molecular complexity index is 206. The predicted octanol–water partition coefficient (Wildman–Crippen LogP) is 5.79. The van der Waals surface area contributed by atoms with Gasteiger partial charge < -0.3 is 5.11 Å². The molecule has 1 heteroatoms. The first-order valence-corrected chi connectivity index (χ1v) is 8.34. The molecule has 0 saturated heterocycles. The lowest BCUT2D eigenvalue weighted by Crippen LogP contribution is -1.81. The lowest BCUT2D eigenvalue weighted by Gasteiger charge is -2.01. The Kier molecular flexibility index (Phi) is 16.9.